The van der Waals surface area contributed by atoms with E-state index in [0.29, 0.717) is 38.7 Å². The summed E-state index contributed by atoms with van der Waals surface area (Å²) in [6.45, 7) is 4.12. The van der Waals surface area contributed by atoms with Gasteiger partial charge in [-0.2, -0.15) is 5.10 Å². The van der Waals surface area contributed by atoms with Crippen molar-refractivity contribution in [3.8, 4) is 11.5 Å². The molecule has 0 spiro atoms. The maximum absolute atomic E-state index is 12.3. The van der Waals surface area contributed by atoms with E-state index in [1.165, 1.54) is 25.0 Å². The van der Waals surface area contributed by atoms with Crippen molar-refractivity contribution in [1.29, 1.82) is 0 Å². The summed E-state index contributed by atoms with van der Waals surface area (Å²) in [5, 5.41) is 9.77. The summed E-state index contributed by atoms with van der Waals surface area (Å²) >= 11 is 11.9. The maximum Gasteiger partial charge on any atom is 0.329 e. The number of ether oxygens (including phenoxy) is 2. The maximum atomic E-state index is 12.3. The Hall–Kier alpha value is -4.08. The lowest BCUT2D eigenvalue weighted by molar-refractivity contribution is -0.139. The molecule has 0 unspecified atom stereocenters. The van der Waals surface area contributed by atoms with Crippen LogP contribution in [0.4, 0.5) is 5.69 Å². The van der Waals surface area contributed by atoms with Crippen molar-refractivity contribution in [2.24, 2.45) is 5.10 Å². The Kier molecular flexibility index (Phi) is 10.7. The van der Waals surface area contributed by atoms with Gasteiger partial charge in [0.2, 0.25) is 0 Å². The van der Waals surface area contributed by atoms with Crippen LogP contribution in [0.1, 0.15) is 36.5 Å². The first-order valence-electron chi connectivity index (χ1n) is 11.9. The Balaban J connectivity index is 1.48. The lowest BCUT2D eigenvalue weighted by Gasteiger charge is -2.12. The summed E-state index contributed by atoms with van der Waals surface area (Å²) in [7, 11) is 1.44. The summed E-state index contributed by atoms with van der Waals surface area (Å²) in [6, 6.07) is 17.3. The van der Waals surface area contributed by atoms with Gasteiger partial charge in [-0.3, -0.25) is 14.4 Å². The quantitative estimate of drug-likeness (QED) is 0.182. The van der Waals surface area contributed by atoms with E-state index in [1.807, 2.05) is 24.3 Å². The number of amides is 3. The molecular weight excluding hydrogens is 543 g/mol. The van der Waals surface area contributed by atoms with E-state index in [4.69, 9.17) is 32.7 Å². The summed E-state index contributed by atoms with van der Waals surface area (Å²) in [5.74, 6) is -1.07. The zero-order valence-electron chi connectivity index (χ0n) is 21.6. The first-order valence-corrected chi connectivity index (χ1v) is 12.7. The van der Waals surface area contributed by atoms with E-state index in [0.717, 1.165) is 5.56 Å². The predicted octanol–water partition coefficient (Wildman–Crippen LogP) is 4.91. The Morgan fingerprint density at radius 1 is 0.949 bits per heavy atom. The van der Waals surface area contributed by atoms with Crippen molar-refractivity contribution >= 4 is 52.8 Å². The normalized spacial score (nSPS) is 10.8. The topological polar surface area (TPSA) is 118 Å². The number of carbonyl (C=O) groups is 3. The van der Waals surface area contributed by atoms with E-state index < -0.39 is 17.7 Å². The minimum Gasteiger partial charge on any atom is -0.493 e. The minimum atomic E-state index is -0.899. The van der Waals surface area contributed by atoms with Crippen molar-refractivity contribution in [2.45, 2.75) is 26.3 Å². The van der Waals surface area contributed by atoms with Crippen molar-refractivity contribution in [1.82, 2.24) is 10.7 Å². The lowest BCUT2D eigenvalue weighted by Crippen LogP contribution is -2.37. The van der Waals surface area contributed by atoms with Gasteiger partial charge in [-0.15, -0.1) is 0 Å². The fraction of sp³-hybridized carbons (Fsp3) is 0.214. The Bertz CT molecular complexity index is 1360. The molecule has 0 aliphatic heterocycles. The molecule has 0 heterocycles. The largest absolute Gasteiger partial charge is 0.493 e. The van der Waals surface area contributed by atoms with E-state index in [2.05, 4.69) is 35.0 Å². The number of carbonyl (C=O) groups excluding carboxylic acids is 3. The standard InChI is InChI=1S/C28H28Cl2N4O5/c1-17(2)20-7-4-18(5-8-20)14-31-27(36)28(37)34-32-15-19-6-11-24(25(12-19)38-3)39-16-26(35)33-23-10-9-21(29)13-22(23)30/h4-13,15,17H,14,16H2,1-3H3,(H,31,36)(H,33,35)(H,34,37)/b32-15-. The van der Waals surface area contributed by atoms with Crippen LogP contribution >= 0.6 is 23.2 Å². The van der Waals surface area contributed by atoms with Crippen molar-refractivity contribution in [2.75, 3.05) is 19.0 Å². The molecule has 0 aliphatic rings. The van der Waals surface area contributed by atoms with Crippen molar-refractivity contribution in [3.05, 3.63) is 87.4 Å². The highest BCUT2D eigenvalue weighted by atomic mass is 35.5. The molecule has 11 heteroatoms. The predicted molar refractivity (Wildman–Crippen MR) is 152 cm³/mol. The third kappa shape index (κ3) is 9.01. The molecule has 39 heavy (non-hydrogen) atoms. The molecule has 0 fully saturated rings. The molecule has 0 aromatic heterocycles. The molecule has 0 saturated heterocycles. The molecule has 0 aliphatic carbocycles. The number of rotatable bonds is 10. The molecule has 3 aromatic carbocycles. The monoisotopic (exact) mass is 570 g/mol. The van der Waals surface area contributed by atoms with Gasteiger partial charge in [0.05, 0.1) is 24.0 Å². The number of hydrogen-bond donors (Lipinski definition) is 3. The summed E-state index contributed by atoms with van der Waals surface area (Å²) in [5.41, 5.74) is 5.23. The van der Waals surface area contributed by atoms with Gasteiger partial charge < -0.3 is 20.1 Å². The van der Waals surface area contributed by atoms with E-state index in [-0.39, 0.29) is 13.2 Å². The SMILES string of the molecule is COc1cc(/C=N\NC(=O)C(=O)NCc2ccc(C(C)C)cc2)ccc1OCC(=O)Nc1ccc(Cl)cc1Cl. The van der Waals surface area contributed by atoms with E-state index in [9.17, 15) is 14.4 Å². The van der Waals surface area contributed by atoms with Gasteiger partial charge in [-0.25, -0.2) is 5.43 Å². The van der Waals surface area contributed by atoms with Crippen LogP contribution in [-0.2, 0) is 20.9 Å². The summed E-state index contributed by atoms with van der Waals surface area (Å²) in [6.07, 6.45) is 1.34. The molecule has 3 aromatic rings. The molecule has 0 atom stereocenters. The first-order chi connectivity index (χ1) is 18.7. The van der Waals surface area contributed by atoms with Gasteiger partial charge in [0.1, 0.15) is 0 Å². The second-order valence-electron chi connectivity index (χ2n) is 8.65. The van der Waals surface area contributed by atoms with Crippen molar-refractivity contribution < 1.29 is 23.9 Å². The highest BCUT2D eigenvalue weighted by Gasteiger charge is 2.13. The minimum absolute atomic E-state index is 0.220. The number of nitrogens with zero attached hydrogens (tertiary/aromatic N) is 1. The zero-order chi connectivity index (χ0) is 28.4. The third-order valence-corrected chi connectivity index (χ3v) is 5.98. The van der Waals surface area contributed by atoms with Gasteiger partial charge in [0.15, 0.2) is 18.1 Å². The highest BCUT2D eigenvalue weighted by Crippen LogP contribution is 2.28. The number of anilines is 1. The zero-order valence-corrected chi connectivity index (χ0v) is 23.1. The Labute approximate surface area is 236 Å². The number of hydrogen-bond acceptors (Lipinski definition) is 6. The van der Waals surface area contributed by atoms with Crippen LogP contribution in [0.2, 0.25) is 10.0 Å². The second kappa shape index (κ2) is 14.2. The molecule has 0 saturated carbocycles. The second-order valence-corrected chi connectivity index (χ2v) is 9.49. The number of benzene rings is 3. The van der Waals surface area contributed by atoms with Crippen molar-refractivity contribution in [3.63, 3.8) is 0 Å². The van der Waals surface area contributed by atoms with Gasteiger partial charge in [-0.05, 0) is 59.0 Å². The average molecular weight is 571 g/mol. The fourth-order valence-corrected chi connectivity index (χ4v) is 3.76. The van der Waals surface area contributed by atoms with Crippen LogP contribution in [0.5, 0.6) is 11.5 Å². The third-order valence-electron chi connectivity index (χ3n) is 5.44. The fourth-order valence-electron chi connectivity index (χ4n) is 3.30. The molecule has 204 valence electrons. The smallest absolute Gasteiger partial charge is 0.329 e. The Morgan fingerprint density at radius 3 is 2.36 bits per heavy atom. The van der Waals surface area contributed by atoms with Gasteiger partial charge in [0.25, 0.3) is 5.91 Å². The number of hydrazone groups is 1. The molecule has 9 nitrogen and oxygen atoms in total. The van der Waals surface area contributed by atoms with Crippen LogP contribution < -0.4 is 25.5 Å². The molecule has 3 rings (SSSR count). The number of halogens is 2. The first kappa shape index (κ1) is 29.5. The molecule has 3 N–H and O–H groups in total. The highest BCUT2D eigenvalue weighted by molar-refractivity contribution is 6.36. The van der Waals surface area contributed by atoms with Crippen LogP contribution in [0.15, 0.2) is 65.8 Å². The van der Waals surface area contributed by atoms with Gasteiger partial charge in [-0.1, -0.05) is 61.3 Å². The average Bonchev–Trinajstić information content (AvgIpc) is 2.92. The Morgan fingerprint density at radius 2 is 1.69 bits per heavy atom. The van der Waals surface area contributed by atoms with Crippen LogP contribution in [-0.4, -0.2) is 37.7 Å². The summed E-state index contributed by atoms with van der Waals surface area (Å²) in [4.78, 5) is 36.4. The molecule has 0 bridgehead atoms. The van der Waals surface area contributed by atoms with Crippen LogP contribution in [0, 0.1) is 0 Å². The van der Waals surface area contributed by atoms with Crippen LogP contribution in [0.3, 0.4) is 0 Å². The van der Waals surface area contributed by atoms with Gasteiger partial charge in [0, 0.05) is 11.6 Å². The summed E-state index contributed by atoms with van der Waals surface area (Å²) < 4.78 is 10.9. The number of nitrogens with one attached hydrogen (secondary N) is 3. The van der Waals surface area contributed by atoms with Crippen LogP contribution in [0.25, 0.3) is 0 Å². The number of methoxy groups -OCH3 is 1. The molecule has 3 amide bonds. The molecule has 0 radical (unpaired) electrons. The van der Waals surface area contributed by atoms with E-state index >= 15 is 0 Å². The van der Waals surface area contributed by atoms with E-state index in [1.54, 1.807) is 30.3 Å². The van der Waals surface area contributed by atoms with Gasteiger partial charge >= 0.3 is 11.8 Å². The lowest BCUT2D eigenvalue weighted by atomic mass is 10.0. The molecular formula is C28H28Cl2N4O5.